The van der Waals surface area contributed by atoms with Crippen molar-refractivity contribution in [2.75, 3.05) is 26.2 Å². The summed E-state index contributed by atoms with van der Waals surface area (Å²) in [6, 6.07) is 8.58. The molecule has 0 atom stereocenters. The average molecular weight is 391 g/mol. The molecule has 5 nitrogen and oxygen atoms in total. The van der Waals surface area contributed by atoms with Crippen LogP contribution in [-0.2, 0) is 14.3 Å². The van der Waals surface area contributed by atoms with Crippen LogP contribution in [0.4, 0.5) is 5.82 Å². The maximum absolute atomic E-state index is 12.0. The van der Waals surface area contributed by atoms with Crippen LogP contribution in [0, 0.1) is 12.3 Å². The Labute approximate surface area is 162 Å². The highest BCUT2D eigenvalue weighted by Gasteiger charge is 2.21. The molecule has 1 aromatic heterocycles. The van der Waals surface area contributed by atoms with E-state index < -0.39 is 5.97 Å². The fourth-order valence-corrected chi connectivity index (χ4v) is 2.76. The lowest BCUT2D eigenvalue weighted by Gasteiger charge is -2.21. The van der Waals surface area contributed by atoms with Crippen LogP contribution in [0.15, 0.2) is 42.3 Å². The highest BCUT2D eigenvalue weighted by Crippen LogP contribution is 2.31. The van der Waals surface area contributed by atoms with Gasteiger partial charge in [0.05, 0.1) is 30.5 Å². The lowest BCUT2D eigenvalue weighted by atomic mass is 10.1. The van der Waals surface area contributed by atoms with E-state index in [1.807, 2.05) is 0 Å². The third-order valence-electron chi connectivity index (χ3n) is 3.54. The van der Waals surface area contributed by atoms with Crippen LogP contribution in [-0.4, -0.2) is 32.2 Å². The molecule has 0 amide bonds. The summed E-state index contributed by atoms with van der Waals surface area (Å²) in [5.74, 6) is 2.34. The van der Waals surface area contributed by atoms with E-state index in [0.29, 0.717) is 32.7 Å². The quantitative estimate of drug-likeness (QED) is 0.332. The summed E-state index contributed by atoms with van der Waals surface area (Å²) in [6.07, 6.45) is 6.84. The van der Waals surface area contributed by atoms with Gasteiger partial charge in [-0.3, -0.25) is 0 Å². The number of anilines is 1. The first kappa shape index (κ1) is 19.6. The number of methoxy groups -OCH3 is 2. The monoisotopic (exact) mass is 390 g/mol. The SMILES string of the molecule is C#Cc1ccc(-c2ccc(Cl)cc2Cl)nc1N(C)C(=COC)C(=O)OC. The van der Waals surface area contributed by atoms with Crippen molar-refractivity contribution in [1.29, 1.82) is 0 Å². The van der Waals surface area contributed by atoms with E-state index in [2.05, 4.69) is 10.9 Å². The first-order valence-electron chi connectivity index (χ1n) is 7.41. The van der Waals surface area contributed by atoms with Gasteiger partial charge in [-0.1, -0.05) is 29.1 Å². The second-order valence-corrected chi connectivity index (χ2v) is 5.97. The molecular weight excluding hydrogens is 375 g/mol. The normalized spacial score (nSPS) is 10.8. The number of ether oxygens (including phenoxy) is 2. The van der Waals surface area contributed by atoms with Gasteiger partial charge in [0.25, 0.3) is 0 Å². The molecule has 0 aliphatic heterocycles. The van der Waals surface area contributed by atoms with Gasteiger partial charge in [-0.25, -0.2) is 9.78 Å². The molecule has 1 aromatic carbocycles. The summed E-state index contributed by atoms with van der Waals surface area (Å²) in [5, 5.41) is 0.972. The maximum atomic E-state index is 12.0. The van der Waals surface area contributed by atoms with Gasteiger partial charge in [-0.05, 0) is 30.3 Å². The summed E-state index contributed by atoms with van der Waals surface area (Å²) in [5.41, 5.74) is 1.89. The number of carbonyl (C=O) groups excluding carboxylic acids is 1. The summed E-state index contributed by atoms with van der Waals surface area (Å²) in [7, 11) is 4.34. The molecule has 26 heavy (non-hydrogen) atoms. The number of likely N-dealkylation sites (N-methyl/N-ethyl adjacent to an activating group) is 1. The second-order valence-electron chi connectivity index (χ2n) is 5.13. The third-order valence-corrected chi connectivity index (χ3v) is 4.09. The Morgan fingerprint density at radius 1 is 1.27 bits per heavy atom. The molecule has 134 valence electrons. The molecule has 0 unspecified atom stereocenters. The minimum Gasteiger partial charge on any atom is -0.502 e. The number of terminal acetylenes is 1. The number of benzene rings is 1. The molecule has 0 aliphatic rings. The first-order chi connectivity index (χ1) is 12.4. The topological polar surface area (TPSA) is 51.7 Å². The molecule has 7 heteroatoms. The van der Waals surface area contributed by atoms with E-state index >= 15 is 0 Å². The summed E-state index contributed by atoms with van der Waals surface area (Å²) >= 11 is 12.2. The Kier molecular flexibility index (Phi) is 6.51. The lowest BCUT2D eigenvalue weighted by Crippen LogP contribution is -2.26. The summed E-state index contributed by atoms with van der Waals surface area (Å²) < 4.78 is 9.75. The van der Waals surface area contributed by atoms with E-state index in [1.54, 1.807) is 37.4 Å². The van der Waals surface area contributed by atoms with Crippen molar-refractivity contribution in [2.24, 2.45) is 0 Å². The van der Waals surface area contributed by atoms with Crippen molar-refractivity contribution in [1.82, 2.24) is 4.98 Å². The number of rotatable bonds is 5. The molecule has 0 bridgehead atoms. The van der Waals surface area contributed by atoms with Gasteiger partial charge in [0, 0.05) is 17.6 Å². The van der Waals surface area contributed by atoms with Crippen molar-refractivity contribution in [2.45, 2.75) is 0 Å². The largest absolute Gasteiger partial charge is 0.502 e. The first-order valence-corrected chi connectivity index (χ1v) is 8.16. The summed E-state index contributed by atoms with van der Waals surface area (Å²) in [4.78, 5) is 18.1. The van der Waals surface area contributed by atoms with Crippen LogP contribution in [0.25, 0.3) is 11.3 Å². The van der Waals surface area contributed by atoms with Crippen LogP contribution in [0.1, 0.15) is 5.56 Å². The smallest absolute Gasteiger partial charge is 0.357 e. The van der Waals surface area contributed by atoms with Crippen molar-refractivity contribution in [3.05, 3.63) is 57.9 Å². The highest BCUT2D eigenvalue weighted by molar-refractivity contribution is 6.36. The zero-order chi connectivity index (χ0) is 19.3. The molecule has 1 heterocycles. The number of nitrogens with zero attached hydrogens (tertiary/aromatic N) is 2. The number of aromatic nitrogens is 1. The molecule has 0 saturated carbocycles. The standard InChI is InChI=1S/C19H16Cl2N2O3/c1-5-12-6-9-16(14-8-7-13(20)10-15(14)21)22-18(12)23(2)17(11-25-3)19(24)26-4/h1,6-11H,2-4H3. The number of hydrogen-bond donors (Lipinski definition) is 0. The van der Waals surface area contributed by atoms with Crippen LogP contribution in [0.5, 0.6) is 0 Å². The molecule has 0 saturated heterocycles. The Hall–Kier alpha value is -2.68. The second kappa shape index (κ2) is 8.61. The van der Waals surface area contributed by atoms with Gasteiger partial charge >= 0.3 is 5.97 Å². The predicted octanol–water partition coefficient (Wildman–Crippen LogP) is 4.13. The Morgan fingerprint density at radius 2 is 2.00 bits per heavy atom. The van der Waals surface area contributed by atoms with E-state index in [9.17, 15) is 4.79 Å². The minimum atomic E-state index is -0.589. The number of carbonyl (C=O) groups is 1. The van der Waals surface area contributed by atoms with Gasteiger partial charge in [-0.15, -0.1) is 6.42 Å². The third kappa shape index (κ3) is 4.10. The van der Waals surface area contributed by atoms with Crippen molar-refractivity contribution < 1.29 is 14.3 Å². The molecule has 0 radical (unpaired) electrons. The molecule has 0 spiro atoms. The van der Waals surface area contributed by atoms with Crippen molar-refractivity contribution >= 4 is 35.0 Å². The average Bonchev–Trinajstić information content (AvgIpc) is 2.64. The predicted molar refractivity (Wildman–Crippen MR) is 103 cm³/mol. The number of pyridine rings is 1. The highest BCUT2D eigenvalue weighted by atomic mass is 35.5. The molecule has 0 fully saturated rings. The van der Waals surface area contributed by atoms with Gasteiger partial charge in [-0.2, -0.15) is 0 Å². The molecule has 0 N–H and O–H groups in total. The van der Waals surface area contributed by atoms with E-state index in [4.69, 9.17) is 39.1 Å². The number of esters is 1. The fraction of sp³-hybridized carbons (Fsp3) is 0.158. The minimum absolute atomic E-state index is 0.137. The van der Waals surface area contributed by atoms with E-state index in [0.717, 1.165) is 0 Å². The van der Waals surface area contributed by atoms with Gasteiger partial charge in [0.2, 0.25) is 0 Å². The van der Waals surface area contributed by atoms with E-state index in [1.165, 1.54) is 25.4 Å². The number of hydrogen-bond acceptors (Lipinski definition) is 5. The lowest BCUT2D eigenvalue weighted by molar-refractivity contribution is -0.136. The maximum Gasteiger partial charge on any atom is 0.357 e. The fourth-order valence-electron chi connectivity index (χ4n) is 2.26. The van der Waals surface area contributed by atoms with Crippen LogP contribution >= 0.6 is 23.2 Å². The zero-order valence-electron chi connectivity index (χ0n) is 14.4. The van der Waals surface area contributed by atoms with Gasteiger partial charge < -0.3 is 14.4 Å². The summed E-state index contributed by atoms with van der Waals surface area (Å²) in [6.45, 7) is 0. The Balaban J connectivity index is 2.59. The molecular formula is C19H16Cl2N2O3. The molecule has 0 aliphatic carbocycles. The van der Waals surface area contributed by atoms with E-state index in [-0.39, 0.29) is 5.70 Å². The zero-order valence-corrected chi connectivity index (χ0v) is 15.9. The van der Waals surface area contributed by atoms with Gasteiger partial charge in [0.15, 0.2) is 5.70 Å². The molecule has 2 rings (SSSR count). The van der Waals surface area contributed by atoms with Crippen LogP contribution in [0.2, 0.25) is 10.0 Å². The Morgan fingerprint density at radius 3 is 2.58 bits per heavy atom. The molecule has 2 aromatic rings. The van der Waals surface area contributed by atoms with Crippen LogP contribution in [0.3, 0.4) is 0 Å². The number of halogens is 2. The Bertz CT molecular complexity index is 904. The van der Waals surface area contributed by atoms with Gasteiger partial charge in [0.1, 0.15) is 12.1 Å². The van der Waals surface area contributed by atoms with Crippen molar-refractivity contribution in [3.8, 4) is 23.6 Å². The van der Waals surface area contributed by atoms with Crippen molar-refractivity contribution in [3.63, 3.8) is 0 Å². The van der Waals surface area contributed by atoms with Crippen LogP contribution < -0.4 is 4.90 Å².